The van der Waals surface area contributed by atoms with E-state index in [9.17, 15) is 4.79 Å². The van der Waals surface area contributed by atoms with E-state index in [0.717, 1.165) is 19.5 Å². The molecule has 2 rings (SSSR count). The molecule has 0 unspecified atom stereocenters. The second kappa shape index (κ2) is 4.91. The molecule has 17 heavy (non-hydrogen) atoms. The van der Waals surface area contributed by atoms with Gasteiger partial charge in [0.15, 0.2) is 0 Å². The first-order valence-corrected chi connectivity index (χ1v) is 6.55. The van der Waals surface area contributed by atoms with Crippen LogP contribution in [0, 0.1) is 5.92 Å². The Bertz CT molecular complexity index is 409. The van der Waals surface area contributed by atoms with Gasteiger partial charge >= 0.3 is 0 Å². The van der Waals surface area contributed by atoms with Gasteiger partial charge in [-0.2, -0.15) is 0 Å². The number of amides is 1. The maximum atomic E-state index is 12.4. The molecule has 2 nitrogen and oxygen atoms in total. The van der Waals surface area contributed by atoms with Crippen LogP contribution in [0.5, 0.6) is 0 Å². The van der Waals surface area contributed by atoms with Crippen LogP contribution >= 0.6 is 0 Å². The standard InChI is InChI=1S/C15H21NO/c1-4-16(5-2)15(17)14-10-12-8-6-7-9-13(12)11(14)3/h6-9,11,14H,4-5,10H2,1-3H3/t11-,14+/m1/s1. The summed E-state index contributed by atoms with van der Waals surface area (Å²) in [7, 11) is 0. The highest BCUT2D eigenvalue weighted by Crippen LogP contribution is 2.38. The van der Waals surface area contributed by atoms with Crippen molar-refractivity contribution in [1.29, 1.82) is 0 Å². The van der Waals surface area contributed by atoms with Crippen molar-refractivity contribution in [2.75, 3.05) is 13.1 Å². The van der Waals surface area contributed by atoms with Crippen LogP contribution in [0.2, 0.25) is 0 Å². The minimum Gasteiger partial charge on any atom is -0.343 e. The molecule has 0 N–H and O–H groups in total. The Kier molecular flexibility index (Phi) is 3.51. The fourth-order valence-electron chi connectivity index (χ4n) is 2.87. The molecule has 0 radical (unpaired) electrons. The molecule has 92 valence electrons. The summed E-state index contributed by atoms with van der Waals surface area (Å²) < 4.78 is 0. The molecule has 0 heterocycles. The molecule has 1 amide bonds. The van der Waals surface area contributed by atoms with Crippen LogP contribution in [0.15, 0.2) is 24.3 Å². The van der Waals surface area contributed by atoms with Crippen LogP contribution < -0.4 is 0 Å². The monoisotopic (exact) mass is 231 g/mol. The average Bonchev–Trinajstić information content (AvgIpc) is 2.69. The molecule has 1 aromatic rings. The maximum absolute atomic E-state index is 12.4. The SMILES string of the molecule is CCN(CC)C(=O)[C@H]1Cc2ccccc2[C@H]1C. The van der Waals surface area contributed by atoms with Gasteiger partial charge < -0.3 is 4.90 Å². The highest BCUT2D eigenvalue weighted by molar-refractivity contribution is 5.81. The van der Waals surface area contributed by atoms with E-state index >= 15 is 0 Å². The zero-order valence-electron chi connectivity index (χ0n) is 10.9. The molecule has 0 aliphatic heterocycles. The smallest absolute Gasteiger partial charge is 0.226 e. The van der Waals surface area contributed by atoms with Gasteiger partial charge in [0.2, 0.25) is 5.91 Å². The first-order valence-electron chi connectivity index (χ1n) is 6.55. The number of hydrogen-bond donors (Lipinski definition) is 0. The molecule has 2 atom stereocenters. The third kappa shape index (κ3) is 2.08. The number of nitrogens with zero attached hydrogens (tertiary/aromatic N) is 1. The summed E-state index contributed by atoms with van der Waals surface area (Å²) in [6.45, 7) is 7.91. The zero-order chi connectivity index (χ0) is 12.4. The van der Waals surface area contributed by atoms with Gasteiger partial charge in [-0.05, 0) is 37.3 Å². The lowest BCUT2D eigenvalue weighted by atomic mass is 9.93. The predicted molar refractivity (Wildman–Crippen MR) is 70.0 cm³/mol. The summed E-state index contributed by atoms with van der Waals surface area (Å²) in [6.07, 6.45) is 0.909. The van der Waals surface area contributed by atoms with Crippen molar-refractivity contribution in [3.63, 3.8) is 0 Å². The lowest BCUT2D eigenvalue weighted by Crippen LogP contribution is -2.37. The molecule has 0 bridgehead atoms. The zero-order valence-corrected chi connectivity index (χ0v) is 10.9. The van der Waals surface area contributed by atoms with E-state index in [0.29, 0.717) is 11.8 Å². The van der Waals surface area contributed by atoms with Crippen LogP contribution in [0.1, 0.15) is 37.8 Å². The van der Waals surface area contributed by atoms with Gasteiger partial charge in [-0.1, -0.05) is 31.2 Å². The van der Waals surface area contributed by atoms with E-state index in [1.165, 1.54) is 11.1 Å². The Morgan fingerprint density at radius 2 is 1.94 bits per heavy atom. The molecule has 1 aromatic carbocycles. The van der Waals surface area contributed by atoms with Gasteiger partial charge in [0.25, 0.3) is 0 Å². The molecule has 1 aliphatic carbocycles. The van der Waals surface area contributed by atoms with Crippen LogP contribution in [0.25, 0.3) is 0 Å². The Hall–Kier alpha value is -1.31. The van der Waals surface area contributed by atoms with E-state index in [2.05, 4.69) is 31.2 Å². The van der Waals surface area contributed by atoms with Crippen LogP contribution in [0.4, 0.5) is 0 Å². The number of benzene rings is 1. The third-order valence-corrected chi connectivity index (χ3v) is 3.98. The van der Waals surface area contributed by atoms with Gasteiger partial charge in [-0.25, -0.2) is 0 Å². The number of carbonyl (C=O) groups is 1. The first kappa shape index (κ1) is 12.2. The highest BCUT2D eigenvalue weighted by Gasteiger charge is 2.35. The largest absolute Gasteiger partial charge is 0.343 e. The number of fused-ring (bicyclic) bond motifs is 1. The minimum absolute atomic E-state index is 0.146. The first-order chi connectivity index (χ1) is 8.19. The van der Waals surface area contributed by atoms with Crippen molar-refractivity contribution in [3.05, 3.63) is 35.4 Å². The molecule has 0 fully saturated rings. The molecule has 0 spiro atoms. The van der Waals surface area contributed by atoms with Gasteiger partial charge in [0.05, 0.1) is 0 Å². The van der Waals surface area contributed by atoms with Crippen molar-refractivity contribution < 1.29 is 4.79 Å². The van der Waals surface area contributed by atoms with Crippen LogP contribution in [0.3, 0.4) is 0 Å². The molecule has 2 heteroatoms. The molecule has 1 aliphatic rings. The number of hydrogen-bond acceptors (Lipinski definition) is 1. The molecule has 0 saturated carbocycles. The Morgan fingerprint density at radius 1 is 1.29 bits per heavy atom. The normalized spacial score (nSPS) is 22.3. The van der Waals surface area contributed by atoms with Crippen LogP contribution in [-0.2, 0) is 11.2 Å². The number of carbonyl (C=O) groups excluding carboxylic acids is 1. The second-order valence-electron chi connectivity index (χ2n) is 4.81. The van der Waals surface area contributed by atoms with Gasteiger partial charge in [-0.3, -0.25) is 4.79 Å². The van der Waals surface area contributed by atoms with Crippen molar-refractivity contribution in [2.45, 2.75) is 33.1 Å². The van der Waals surface area contributed by atoms with Crippen molar-refractivity contribution in [2.24, 2.45) is 5.92 Å². The summed E-state index contributed by atoms with van der Waals surface area (Å²) >= 11 is 0. The van der Waals surface area contributed by atoms with Gasteiger partial charge in [0.1, 0.15) is 0 Å². The van der Waals surface area contributed by atoms with Crippen molar-refractivity contribution in [3.8, 4) is 0 Å². The van der Waals surface area contributed by atoms with Crippen molar-refractivity contribution in [1.82, 2.24) is 4.90 Å². The quantitative estimate of drug-likeness (QED) is 0.783. The third-order valence-electron chi connectivity index (χ3n) is 3.98. The fraction of sp³-hybridized carbons (Fsp3) is 0.533. The van der Waals surface area contributed by atoms with Gasteiger partial charge in [-0.15, -0.1) is 0 Å². The lowest BCUT2D eigenvalue weighted by molar-refractivity contribution is -0.135. The summed E-state index contributed by atoms with van der Waals surface area (Å²) in [6, 6.07) is 8.45. The number of rotatable bonds is 3. The second-order valence-corrected chi connectivity index (χ2v) is 4.81. The van der Waals surface area contributed by atoms with Gasteiger partial charge in [0, 0.05) is 19.0 Å². The summed E-state index contributed by atoms with van der Waals surface area (Å²) in [4.78, 5) is 14.4. The molecule has 0 aromatic heterocycles. The van der Waals surface area contributed by atoms with E-state index in [1.807, 2.05) is 18.7 Å². The summed E-state index contributed by atoms with van der Waals surface area (Å²) in [5, 5.41) is 0. The summed E-state index contributed by atoms with van der Waals surface area (Å²) in [5.74, 6) is 0.824. The van der Waals surface area contributed by atoms with E-state index < -0.39 is 0 Å². The molecule has 0 saturated heterocycles. The van der Waals surface area contributed by atoms with E-state index in [-0.39, 0.29) is 5.92 Å². The van der Waals surface area contributed by atoms with Crippen LogP contribution in [-0.4, -0.2) is 23.9 Å². The summed E-state index contributed by atoms with van der Waals surface area (Å²) in [5.41, 5.74) is 2.71. The lowest BCUT2D eigenvalue weighted by Gasteiger charge is -2.25. The van der Waals surface area contributed by atoms with E-state index in [4.69, 9.17) is 0 Å². The average molecular weight is 231 g/mol. The molecular weight excluding hydrogens is 210 g/mol. The Balaban J connectivity index is 2.19. The topological polar surface area (TPSA) is 20.3 Å². The highest BCUT2D eigenvalue weighted by atomic mass is 16.2. The van der Waals surface area contributed by atoms with E-state index in [1.54, 1.807) is 0 Å². The predicted octanol–water partition coefficient (Wildman–Crippen LogP) is 2.83. The Labute approximate surface area is 104 Å². The fourth-order valence-corrected chi connectivity index (χ4v) is 2.87. The van der Waals surface area contributed by atoms with Crippen molar-refractivity contribution >= 4 is 5.91 Å². The maximum Gasteiger partial charge on any atom is 0.226 e. The Morgan fingerprint density at radius 3 is 2.53 bits per heavy atom. The minimum atomic E-state index is 0.146. The molecular formula is C15H21NO.